The van der Waals surface area contributed by atoms with Gasteiger partial charge in [-0.25, -0.2) is 4.98 Å². The van der Waals surface area contributed by atoms with Crippen LogP contribution in [0.3, 0.4) is 0 Å². The molecule has 1 unspecified atom stereocenters. The number of aliphatic hydroxyl groups excluding tert-OH is 1. The number of hydrogen-bond donors (Lipinski definition) is 2. The maximum absolute atomic E-state index is 12.6. The zero-order chi connectivity index (χ0) is 14.1. The molecule has 110 valence electrons. The van der Waals surface area contributed by atoms with Crippen LogP contribution < -0.4 is 10.6 Å². The molecule has 0 saturated carbocycles. The fourth-order valence-electron chi connectivity index (χ4n) is 2.94. The summed E-state index contributed by atoms with van der Waals surface area (Å²) in [6.45, 7) is 2.69. The van der Waals surface area contributed by atoms with Gasteiger partial charge in [-0.1, -0.05) is 11.3 Å². The van der Waals surface area contributed by atoms with Crippen LogP contribution in [-0.4, -0.2) is 53.2 Å². The van der Waals surface area contributed by atoms with Gasteiger partial charge in [0, 0.05) is 19.6 Å². The second kappa shape index (κ2) is 5.57. The molecule has 2 saturated heterocycles. The number of anilines is 2. The third-order valence-electron chi connectivity index (χ3n) is 4.06. The van der Waals surface area contributed by atoms with Gasteiger partial charge in [-0.2, -0.15) is 0 Å². The number of aromatic nitrogens is 1. The zero-order valence-electron chi connectivity index (χ0n) is 11.4. The SMILES string of the molecule is Nc1nc(N2CCCC2)sc1C(=O)N1CCCC1CO. The van der Waals surface area contributed by atoms with E-state index in [1.54, 1.807) is 4.90 Å². The Kier molecular flexibility index (Phi) is 3.80. The Balaban J connectivity index is 1.80. The Hall–Kier alpha value is -1.34. The van der Waals surface area contributed by atoms with Crippen molar-refractivity contribution in [2.45, 2.75) is 31.7 Å². The Morgan fingerprint density at radius 3 is 2.80 bits per heavy atom. The Bertz CT molecular complexity index is 499. The van der Waals surface area contributed by atoms with Gasteiger partial charge < -0.3 is 20.6 Å². The van der Waals surface area contributed by atoms with Gasteiger partial charge in [0.05, 0.1) is 12.6 Å². The summed E-state index contributed by atoms with van der Waals surface area (Å²) >= 11 is 1.38. The van der Waals surface area contributed by atoms with E-state index in [4.69, 9.17) is 5.73 Å². The molecule has 1 aromatic rings. The molecule has 6 nitrogen and oxygen atoms in total. The number of thiazole rings is 1. The highest BCUT2D eigenvalue weighted by molar-refractivity contribution is 7.18. The largest absolute Gasteiger partial charge is 0.394 e. The molecule has 2 fully saturated rings. The zero-order valence-corrected chi connectivity index (χ0v) is 12.2. The van der Waals surface area contributed by atoms with Gasteiger partial charge in [-0.15, -0.1) is 0 Å². The fourth-order valence-corrected chi connectivity index (χ4v) is 3.93. The van der Waals surface area contributed by atoms with Crippen molar-refractivity contribution in [2.75, 3.05) is 36.9 Å². The summed E-state index contributed by atoms with van der Waals surface area (Å²) in [5, 5.41) is 10.2. The first-order valence-corrected chi connectivity index (χ1v) is 7.95. The maximum Gasteiger partial charge on any atom is 0.268 e. The standard InChI is InChI=1S/C13H20N4O2S/c14-11-10(12(19)17-7-3-4-9(17)8-18)20-13(15-11)16-5-1-2-6-16/h9,18H,1-8,14H2. The van der Waals surface area contributed by atoms with Crippen molar-refractivity contribution in [1.29, 1.82) is 0 Å². The highest BCUT2D eigenvalue weighted by Crippen LogP contribution is 2.32. The van der Waals surface area contributed by atoms with Crippen LogP contribution >= 0.6 is 11.3 Å². The number of rotatable bonds is 3. The molecule has 1 atom stereocenters. The van der Waals surface area contributed by atoms with Crippen molar-refractivity contribution >= 4 is 28.2 Å². The molecule has 0 spiro atoms. The second-order valence-electron chi connectivity index (χ2n) is 5.38. The quantitative estimate of drug-likeness (QED) is 0.867. The lowest BCUT2D eigenvalue weighted by atomic mass is 10.2. The van der Waals surface area contributed by atoms with E-state index in [0.717, 1.165) is 31.1 Å². The number of hydrogen-bond acceptors (Lipinski definition) is 6. The monoisotopic (exact) mass is 296 g/mol. The molecule has 0 aromatic carbocycles. The van der Waals surface area contributed by atoms with Gasteiger partial charge in [0.1, 0.15) is 10.7 Å². The number of carbonyl (C=O) groups is 1. The van der Waals surface area contributed by atoms with E-state index in [1.165, 1.54) is 24.2 Å². The number of nitrogens with two attached hydrogens (primary N) is 1. The predicted molar refractivity (Wildman–Crippen MR) is 79.1 cm³/mol. The molecular formula is C13H20N4O2S. The molecule has 1 amide bonds. The average Bonchev–Trinajstić information content (AvgIpc) is 3.17. The van der Waals surface area contributed by atoms with Crippen LogP contribution in [0.2, 0.25) is 0 Å². The molecule has 7 heteroatoms. The molecule has 0 radical (unpaired) electrons. The van der Waals surface area contributed by atoms with E-state index in [2.05, 4.69) is 9.88 Å². The van der Waals surface area contributed by atoms with Crippen molar-refractivity contribution < 1.29 is 9.90 Å². The molecule has 0 bridgehead atoms. The molecule has 2 aliphatic rings. The van der Waals surface area contributed by atoms with E-state index in [-0.39, 0.29) is 18.6 Å². The third-order valence-corrected chi connectivity index (χ3v) is 5.18. The molecule has 3 heterocycles. The first-order chi connectivity index (χ1) is 9.70. The van der Waals surface area contributed by atoms with E-state index in [0.29, 0.717) is 17.2 Å². The summed E-state index contributed by atoms with van der Waals surface area (Å²) in [6, 6.07) is -0.0702. The summed E-state index contributed by atoms with van der Waals surface area (Å²) in [5.41, 5.74) is 5.93. The number of aliphatic hydroxyl groups is 1. The van der Waals surface area contributed by atoms with Gasteiger partial charge in [-0.05, 0) is 25.7 Å². The van der Waals surface area contributed by atoms with Crippen LogP contribution in [0.5, 0.6) is 0 Å². The normalized spacial score (nSPS) is 22.8. The van der Waals surface area contributed by atoms with Crippen LogP contribution in [0, 0.1) is 0 Å². The van der Waals surface area contributed by atoms with Crippen LogP contribution in [0.25, 0.3) is 0 Å². The highest BCUT2D eigenvalue weighted by atomic mass is 32.1. The Labute approximate surface area is 122 Å². The Morgan fingerprint density at radius 1 is 1.35 bits per heavy atom. The van der Waals surface area contributed by atoms with Crippen LogP contribution in [0.1, 0.15) is 35.4 Å². The predicted octanol–water partition coefficient (Wildman–Crippen LogP) is 0.922. The van der Waals surface area contributed by atoms with Gasteiger partial charge in [-0.3, -0.25) is 4.79 Å². The molecule has 3 rings (SSSR count). The molecular weight excluding hydrogens is 276 g/mol. The summed E-state index contributed by atoms with van der Waals surface area (Å²) < 4.78 is 0. The van der Waals surface area contributed by atoms with Gasteiger partial charge in [0.2, 0.25) is 0 Å². The van der Waals surface area contributed by atoms with Crippen LogP contribution in [-0.2, 0) is 0 Å². The minimum Gasteiger partial charge on any atom is -0.394 e. The van der Waals surface area contributed by atoms with Gasteiger partial charge in [0.15, 0.2) is 5.13 Å². The lowest BCUT2D eigenvalue weighted by Crippen LogP contribution is -2.37. The van der Waals surface area contributed by atoms with Crippen molar-refractivity contribution in [3.05, 3.63) is 4.88 Å². The number of amides is 1. The maximum atomic E-state index is 12.6. The molecule has 1 aromatic heterocycles. The van der Waals surface area contributed by atoms with Crippen molar-refractivity contribution in [2.24, 2.45) is 0 Å². The first-order valence-electron chi connectivity index (χ1n) is 7.14. The molecule has 0 aliphatic carbocycles. The topological polar surface area (TPSA) is 82.7 Å². The molecule has 3 N–H and O–H groups in total. The summed E-state index contributed by atoms with van der Waals surface area (Å²) in [6.07, 6.45) is 4.14. The minimum absolute atomic E-state index is 0.0173. The Morgan fingerprint density at radius 2 is 2.10 bits per heavy atom. The molecule has 20 heavy (non-hydrogen) atoms. The summed E-state index contributed by atoms with van der Waals surface area (Å²) in [5.74, 6) is 0.243. The van der Waals surface area contributed by atoms with Crippen molar-refractivity contribution in [3.63, 3.8) is 0 Å². The number of likely N-dealkylation sites (tertiary alicyclic amines) is 1. The smallest absolute Gasteiger partial charge is 0.268 e. The van der Waals surface area contributed by atoms with E-state index >= 15 is 0 Å². The molecule has 2 aliphatic heterocycles. The second-order valence-corrected chi connectivity index (χ2v) is 6.36. The number of carbonyl (C=O) groups excluding carboxylic acids is 1. The van der Waals surface area contributed by atoms with E-state index in [9.17, 15) is 9.90 Å². The van der Waals surface area contributed by atoms with E-state index < -0.39 is 0 Å². The third kappa shape index (κ3) is 2.35. The van der Waals surface area contributed by atoms with Crippen LogP contribution in [0.4, 0.5) is 10.9 Å². The van der Waals surface area contributed by atoms with Crippen molar-refractivity contribution in [1.82, 2.24) is 9.88 Å². The van der Waals surface area contributed by atoms with Gasteiger partial charge in [0.25, 0.3) is 5.91 Å². The highest BCUT2D eigenvalue weighted by Gasteiger charge is 2.32. The van der Waals surface area contributed by atoms with Gasteiger partial charge >= 0.3 is 0 Å². The number of nitrogen functional groups attached to an aromatic ring is 1. The number of nitrogens with zero attached hydrogens (tertiary/aromatic N) is 3. The summed E-state index contributed by atoms with van der Waals surface area (Å²) in [4.78, 5) is 21.3. The lowest BCUT2D eigenvalue weighted by Gasteiger charge is -2.22. The van der Waals surface area contributed by atoms with Crippen LogP contribution in [0.15, 0.2) is 0 Å². The average molecular weight is 296 g/mol. The minimum atomic E-state index is -0.0815. The van der Waals surface area contributed by atoms with E-state index in [1.807, 2.05) is 0 Å². The fraction of sp³-hybridized carbons (Fsp3) is 0.692. The first kappa shape index (κ1) is 13.6. The summed E-state index contributed by atoms with van der Waals surface area (Å²) in [7, 11) is 0. The van der Waals surface area contributed by atoms with Crippen molar-refractivity contribution in [3.8, 4) is 0 Å². The lowest BCUT2D eigenvalue weighted by molar-refractivity contribution is 0.0683.